The Morgan fingerprint density at radius 2 is 1.79 bits per heavy atom. The average molecular weight is 331 g/mol. The Morgan fingerprint density at radius 3 is 2.38 bits per heavy atom. The summed E-state index contributed by atoms with van der Waals surface area (Å²) in [5.74, 6) is 0.242. The lowest BCUT2D eigenvalue weighted by Gasteiger charge is -2.27. The van der Waals surface area contributed by atoms with Crippen molar-refractivity contribution in [2.24, 2.45) is 5.92 Å². The van der Waals surface area contributed by atoms with Crippen LogP contribution in [0.25, 0.3) is 11.0 Å². The summed E-state index contributed by atoms with van der Waals surface area (Å²) < 4.78 is 3.24. The molecule has 6 heteroatoms. The van der Waals surface area contributed by atoms with Crippen molar-refractivity contribution in [1.29, 1.82) is 0 Å². The van der Waals surface area contributed by atoms with Gasteiger partial charge in [-0.25, -0.2) is 4.79 Å². The molecule has 0 bridgehead atoms. The molecule has 0 atom stereocenters. The van der Waals surface area contributed by atoms with Crippen LogP contribution in [0.15, 0.2) is 29.1 Å². The summed E-state index contributed by atoms with van der Waals surface area (Å²) in [4.78, 5) is 24.9. The number of hydrogen-bond donors (Lipinski definition) is 2. The summed E-state index contributed by atoms with van der Waals surface area (Å²) in [5, 5.41) is 12.2. The predicted octanol–water partition coefficient (Wildman–Crippen LogP) is 1.49. The number of para-hydroxylation sites is 2. The first-order valence-electron chi connectivity index (χ1n) is 8.72. The van der Waals surface area contributed by atoms with E-state index in [9.17, 15) is 14.7 Å². The van der Waals surface area contributed by atoms with Crippen LogP contribution >= 0.6 is 0 Å². The molecule has 24 heavy (non-hydrogen) atoms. The van der Waals surface area contributed by atoms with Crippen molar-refractivity contribution in [3.63, 3.8) is 0 Å². The third kappa shape index (κ3) is 3.24. The number of aromatic nitrogens is 2. The van der Waals surface area contributed by atoms with E-state index in [0.29, 0.717) is 12.5 Å². The first-order valence-corrected chi connectivity index (χ1v) is 8.72. The monoisotopic (exact) mass is 331 g/mol. The molecule has 1 fully saturated rings. The SMILES string of the molecule is CCn1c(=O)n(CC(=O)NC2CCC(CO)CC2)c2ccccc21. The number of aliphatic hydroxyl groups is 1. The average Bonchev–Trinajstić information content (AvgIpc) is 2.87. The molecule has 1 aliphatic rings. The van der Waals surface area contributed by atoms with E-state index in [1.165, 1.54) is 0 Å². The zero-order chi connectivity index (χ0) is 17.1. The van der Waals surface area contributed by atoms with Crippen molar-refractivity contribution in [1.82, 2.24) is 14.5 Å². The van der Waals surface area contributed by atoms with Gasteiger partial charge in [0.05, 0.1) is 11.0 Å². The van der Waals surface area contributed by atoms with Gasteiger partial charge in [-0.1, -0.05) is 12.1 Å². The second-order valence-corrected chi connectivity index (χ2v) is 6.57. The van der Waals surface area contributed by atoms with Gasteiger partial charge in [-0.15, -0.1) is 0 Å². The van der Waals surface area contributed by atoms with Crippen molar-refractivity contribution < 1.29 is 9.90 Å². The van der Waals surface area contributed by atoms with Crippen molar-refractivity contribution in [2.45, 2.75) is 51.7 Å². The van der Waals surface area contributed by atoms with Crippen LogP contribution in [-0.4, -0.2) is 32.8 Å². The van der Waals surface area contributed by atoms with E-state index in [1.807, 2.05) is 31.2 Å². The van der Waals surface area contributed by atoms with Gasteiger partial charge in [0.25, 0.3) is 0 Å². The Hall–Kier alpha value is -2.08. The number of imidazole rings is 1. The van der Waals surface area contributed by atoms with Crippen LogP contribution in [0.3, 0.4) is 0 Å². The highest BCUT2D eigenvalue weighted by Crippen LogP contribution is 2.23. The lowest BCUT2D eigenvalue weighted by Crippen LogP contribution is -2.41. The first kappa shape index (κ1) is 16.8. The van der Waals surface area contributed by atoms with Gasteiger partial charge in [0, 0.05) is 19.2 Å². The van der Waals surface area contributed by atoms with Crippen LogP contribution in [-0.2, 0) is 17.9 Å². The summed E-state index contributed by atoms with van der Waals surface area (Å²) >= 11 is 0. The standard InChI is InChI=1S/C18H25N3O3/c1-2-20-15-5-3-4-6-16(15)21(18(20)24)11-17(23)19-14-9-7-13(12-22)8-10-14/h3-6,13-14,22H,2,7-12H2,1H3,(H,19,23). The summed E-state index contributed by atoms with van der Waals surface area (Å²) in [7, 11) is 0. The molecule has 0 spiro atoms. The Bertz CT molecular complexity index is 769. The van der Waals surface area contributed by atoms with Crippen molar-refractivity contribution >= 4 is 16.9 Å². The number of nitrogens with one attached hydrogen (secondary N) is 1. The van der Waals surface area contributed by atoms with Gasteiger partial charge >= 0.3 is 5.69 Å². The van der Waals surface area contributed by atoms with Crippen LogP contribution in [0, 0.1) is 5.92 Å². The largest absolute Gasteiger partial charge is 0.396 e. The van der Waals surface area contributed by atoms with Crippen molar-refractivity contribution in [3.8, 4) is 0 Å². The molecular formula is C18H25N3O3. The van der Waals surface area contributed by atoms with Gasteiger partial charge in [0.15, 0.2) is 0 Å². The van der Waals surface area contributed by atoms with Gasteiger partial charge in [-0.3, -0.25) is 13.9 Å². The second-order valence-electron chi connectivity index (χ2n) is 6.57. The molecule has 2 N–H and O–H groups in total. The van der Waals surface area contributed by atoms with E-state index in [2.05, 4.69) is 5.32 Å². The van der Waals surface area contributed by atoms with Crippen LogP contribution in [0.4, 0.5) is 0 Å². The number of fused-ring (bicyclic) bond motifs is 1. The molecule has 1 heterocycles. The number of carbonyl (C=O) groups is 1. The predicted molar refractivity (Wildman–Crippen MR) is 92.8 cm³/mol. The van der Waals surface area contributed by atoms with Crippen molar-refractivity contribution in [2.75, 3.05) is 6.61 Å². The molecular weight excluding hydrogens is 306 g/mol. The number of benzene rings is 1. The fraction of sp³-hybridized carbons (Fsp3) is 0.556. The number of rotatable bonds is 5. The third-order valence-corrected chi connectivity index (χ3v) is 5.01. The van der Waals surface area contributed by atoms with Crippen molar-refractivity contribution in [3.05, 3.63) is 34.7 Å². The number of carbonyl (C=O) groups excluding carboxylic acids is 1. The number of aryl methyl sites for hydroxylation is 1. The fourth-order valence-corrected chi connectivity index (χ4v) is 3.64. The lowest BCUT2D eigenvalue weighted by molar-refractivity contribution is -0.122. The molecule has 0 unspecified atom stereocenters. The minimum atomic E-state index is -0.141. The zero-order valence-electron chi connectivity index (χ0n) is 14.1. The Morgan fingerprint density at radius 1 is 1.17 bits per heavy atom. The number of nitrogens with zero attached hydrogens (tertiary/aromatic N) is 2. The number of hydrogen-bond acceptors (Lipinski definition) is 3. The summed E-state index contributed by atoms with van der Waals surface area (Å²) in [6.45, 7) is 2.79. The number of aliphatic hydroxyl groups excluding tert-OH is 1. The maximum Gasteiger partial charge on any atom is 0.329 e. The molecule has 0 radical (unpaired) electrons. The maximum atomic E-state index is 12.5. The van der Waals surface area contributed by atoms with Crippen LogP contribution in [0.2, 0.25) is 0 Å². The van der Waals surface area contributed by atoms with Gasteiger partial charge in [-0.2, -0.15) is 0 Å². The molecule has 6 nitrogen and oxygen atoms in total. The molecule has 0 aliphatic heterocycles. The van der Waals surface area contributed by atoms with Crippen LogP contribution in [0.5, 0.6) is 0 Å². The molecule has 0 saturated heterocycles. The minimum absolute atomic E-state index is 0.0479. The normalized spacial score (nSPS) is 21.1. The van der Waals surface area contributed by atoms with E-state index in [4.69, 9.17) is 0 Å². The quantitative estimate of drug-likeness (QED) is 0.871. The van der Waals surface area contributed by atoms with Gasteiger partial charge in [-0.05, 0) is 50.7 Å². The Labute approximate surface area is 141 Å². The van der Waals surface area contributed by atoms with Gasteiger partial charge < -0.3 is 10.4 Å². The second kappa shape index (κ2) is 7.21. The summed E-state index contributed by atoms with van der Waals surface area (Å²) in [5.41, 5.74) is 1.52. The summed E-state index contributed by atoms with van der Waals surface area (Å²) in [6.07, 6.45) is 3.66. The molecule has 2 aromatic rings. The molecule has 1 aliphatic carbocycles. The molecule has 1 amide bonds. The van der Waals surface area contributed by atoms with E-state index >= 15 is 0 Å². The highest BCUT2D eigenvalue weighted by Gasteiger charge is 2.22. The van der Waals surface area contributed by atoms with Crippen LogP contribution in [0.1, 0.15) is 32.6 Å². The number of amides is 1. The minimum Gasteiger partial charge on any atom is -0.396 e. The van der Waals surface area contributed by atoms with Gasteiger partial charge in [0.1, 0.15) is 6.54 Å². The van der Waals surface area contributed by atoms with Crippen LogP contribution < -0.4 is 11.0 Å². The third-order valence-electron chi connectivity index (χ3n) is 5.01. The highest BCUT2D eigenvalue weighted by atomic mass is 16.3. The van der Waals surface area contributed by atoms with Gasteiger partial charge in [0.2, 0.25) is 5.91 Å². The van der Waals surface area contributed by atoms with E-state index in [0.717, 1.165) is 36.7 Å². The Balaban J connectivity index is 1.72. The highest BCUT2D eigenvalue weighted by molar-refractivity contribution is 5.81. The molecule has 3 rings (SSSR count). The summed E-state index contributed by atoms with van der Waals surface area (Å²) in [6, 6.07) is 7.72. The van der Waals surface area contributed by atoms with E-state index < -0.39 is 0 Å². The molecule has 1 aromatic carbocycles. The van der Waals surface area contributed by atoms with E-state index in [1.54, 1.807) is 9.13 Å². The molecule has 1 aromatic heterocycles. The lowest BCUT2D eigenvalue weighted by atomic mass is 9.86. The first-order chi connectivity index (χ1) is 11.6. The Kier molecular flexibility index (Phi) is 5.04. The molecule has 1 saturated carbocycles. The maximum absolute atomic E-state index is 12.5. The smallest absolute Gasteiger partial charge is 0.329 e. The van der Waals surface area contributed by atoms with E-state index in [-0.39, 0.29) is 30.8 Å². The molecule has 130 valence electrons. The topological polar surface area (TPSA) is 76.3 Å². The fourth-order valence-electron chi connectivity index (χ4n) is 3.64. The zero-order valence-corrected chi connectivity index (χ0v) is 14.1.